The van der Waals surface area contributed by atoms with E-state index in [1.165, 1.54) is 19.2 Å². The lowest BCUT2D eigenvalue weighted by molar-refractivity contribution is 0.393. The zero-order valence-electron chi connectivity index (χ0n) is 6.54. The Hall–Kier alpha value is -0.900. The minimum atomic E-state index is -0.00551. The molecule has 12 heavy (non-hydrogen) atoms. The first-order valence-electron chi connectivity index (χ1n) is 3.34. The summed E-state index contributed by atoms with van der Waals surface area (Å²) in [5.74, 6) is 0.502. The number of hydrogen-bond acceptors (Lipinski definition) is 3. The van der Waals surface area contributed by atoms with E-state index >= 15 is 0 Å². The van der Waals surface area contributed by atoms with Crippen LogP contribution in [0.2, 0.25) is 0 Å². The number of hydrogen-bond donors (Lipinski definition) is 2. The Bertz CT molecular complexity index is 286. The van der Waals surface area contributed by atoms with Crippen molar-refractivity contribution in [2.45, 2.75) is 5.33 Å². The van der Waals surface area contributed by atoms with Gasteiger partial charge in [-0.05, 0) is 0 Å². The average molecular weight is 233 g/mol. The lowest BCUT2D eigenvalue weighted by Gasteiger charge is -2.08. The SMILES string of the molecule is COc1cc(O)cc(O)c1CBr. The molecule has 2 N–H and O–H groups in total. The van der Waals surface area contributed by atoms with E-state index in [0.717, 1.165) is 0 Å². The summed E-state index contributed by atoms with van der Waals surface area (Å²) >= 11 is 3.20. The molecule has 0 saturated heterocycles. The van der Waals surface area contributed by atoms with E-state index in [4.69, 9.17) is 9.84 Å². The monoisotopic (exact) mass is 232 g/mol. The number of aromatic hydroxyl groups is 2. The molecule has 0 aliphatic carbocycles. The van der Waals surface area contributed by atoms with Crippen LogP contribution in [0.3, 0.4) is 0 Å². The number of benzene rings is 1. The third-order valence-corrected chi connectivity index (χ3v) is 2.08. The molecule has 0 heterocycles. The van der Waals surface area contributed by atoms with Gasteiger partial charge in [-0.2, -0.15) is 0 Å². The fraction of sp³-hybridized carbons (Fsp3) is 0.250. The van der Waals surface area contributed by atoms with E-state index in [1.807, 2.05) is 0 Å². The maximum absolute atomic E-state index is 9.33. The van der Waals surface area contributed by atoms with Gasteiger partial charge in [0.2, 0.25) is 0 Å². The van der Waals surface area contributed by atoms with Crippen molar-refractivity contribution in [1.82, 2.24) is 0 Å². The Morgan fingerprint density at radius 1 is 1.42 bits per heavy atom. The molecule has 0 unspecified atom stereocenters. The first-order chi connectivity index (χ1) is 5.69. The van der Waals surface area contributed by atoms with E-state index in [-0.39, 0.29) is 11.5 Å². The van der Waals surface area contributed by atoms with Crippen LogP contribution in [0.4, 0.5) is 0 Å². The van der Waals surface area contributed by atoms with Crippen molar-refractivity contribution in [2.24, 2.45) is 0 Å². The van der Waals surface area contributed by atoms with Gasteiger partial charge < -0.3 is 14.9 Å². The van der Waals surface area contributed by atoms with Gasteiger partial charge in [0.05, 0.1) is 7.11 Å². The Labute approximate surface area is 78.7 Å². The Balaban J connectivity index is 3.24. The normalized spacial score (nSPS) is 9.83. The molecule has 0 bridgehead atoms. The summed E-state index contributed by atoms with van der Waals surface area (Å²) in [6, 6.07) is 2.73. The Kier molecular flexibility index (Phi) is 2.81. The van der Waals surface area contributed by atoms with Crippen LogP contribution in [0.5, 0.6) is 17.2 Å². The maximum atomic E-state index is 9.33. The molecule has 1 aromatic rings. The summed E-state index contributed by atoms with van der Waals surface area (Å²) in [5, 5.41) is 18.9. The summed E-state index contributed by atoms with van der Waals surface area (Å²) in [6.45, 7) is 0. The van der Waals surface area contributed by atoms with Gasteiger partial charge in [-0.1, -0.05) is 15.9 Å². The molecule has 1 rings (SSSR count). The maximum Gasteiger partial charge on any atom is 0.130 e. The number of halogens is 1. The van der Waals surface area contributed by atoms with Crippen LogP contribution in [0.25, 0.3) is 0 Å². The van der Waals surface area contributed by atoms with Crippen molar-refractivity contribution in [3.8, 4) is 17.2 Å². The van der Waals surface area contributed by atoms with Crippen molar-refractivity contribution < 1.29 is 14.9 Å². The predicted molar refractivity (Wildman–Crippen MR) is 49.0 cm³/mol. The second-order valence-corrected chi connectivity index (χ2v) is 2.84. The number of methoxy groups -OCH3 is 1. The van der Waals surface area contributed by atoms with Crippen LogP contribution in [0.1, 0.15) is 5.56 Å². The van der Waals surface area contributed by atoms with E-state index in [1.54, 1.807) is 0 Å². The molecule has 0 fully saturated rings. The van der Waals surface area contributed by atoms with E-state index < -0.39 is 0 Å². The molecule has 0 aromatic heterocycles. The molecule has 0 atom stereocenters. The highest BCUT2D eigenvalue weighted by atomic mass is 79.9. The summed E-state index contributed by atoms with van der Waals surface area (Å²) in [5.41, 5.74) is 0.635. The van der Waals surface area contributed by atoms with Gasteiger partial charge in [0.1, 0.15) is 17.2 Å². The Morgan fingerprint density at radius 3 is 2.58 bits per heavy atom. The van der Waals surface area contributed by atoms with Crippen molar-refractivity contribution in [3.05, 3.63) is 17.7 Å². The lowest BCUT2D eigenvalue weighted by Crippen LogP contribution is -1.89. The summed E-state index contributed by atoms with van der Waals surface area (Å²) in [6.07, 6.45) is 0. The standard InChI is InChI=1S/C8H9BrO3/c1-12-8-3-5(10)2-7(11)6(8)4-9/h2-3,10-11H,4H2,1H3. The molecule has 0 amide bonds. The first-order valence-corrected chi connectivity index (χ1v) is 4.46. The number of phenols is 2. The summed E-state index contributed by atoms with van der Waals surface area (Å²) in [4.78, 5) is 0. The number of rotatable bonds is 2. The zero-order chi connectivity index (χ0) is 9.14. The molecule has 0 saturated carbocycles. The number of phenolic OH excluding ortho intramolecular Hbond substituents is 2. The topological polar surface area (TPSA) is 49.7 Å². The van der Waals surface area contributed by atoms with Crippen LogP contribution >= 0.6 is 15.9 Å². The fourth-order valence-corrected chi connectivity index (χ4v) is 1.50. The first kappa shape index (κ1) is 9.19. The minimum absolute atomic E-state index is 0.00551. The Morgan fingerprint density at radius 2 is 2.08 bits per heavy atom. The fourth-order valence-electron chi connectivity index (χ4n) is 0.933. The van der Waals surface area contributed by atoms with Gasteiger partial charge in [-0.15, -0.1) is 0 Å². The summed E-state index contributed by atoms with van der Waals surface area (Å²) in [7, 11) is 1.49. The van der Waals surface area contributed by atoms with Crippen LogP contribution < -0.4 is 4.74 Å². The number of ether oxygens (including phenoxy) is 1. The molecule has 4 heteroatoms. The van der Waals surface area contributed by atoms with Gasteiger partial charge in [0, 0.05) is 23.0 Å². The highest BCUT2D eigenvalue weighted by Gasteiger charge is 2.08. The van der Waals surface area contributed by atoms with Crippen LogP contribution in [0, 0.1) is 0 Å². The van der Waals surface area contributed by atoms with Crippen molar-refractivity contribution in [1.29, 1.82) is 0 Å². The van der Waals surface area contributed by atoms with Gasteiger partial charge in [0.15, 0.2) is 0 Å². The molecule has 0 aliphatic rings. The number of alkyl halides is 1. The second kappa shape index (κ2) is 3.67. The summed E-state index contributed by atoms with van der Waals surface area (Å²) < 4.78 is 4.95. The third kappa shape index (κ3) is 1.64. The largest absolute Gasteiger partial charge is 0.508 e. The van der Waals surface area contributed by atoms with Crippen molar-refractivity contribution in [2.75, 3.05) is 7.11 Å². The second-order valence-electron chi connectivity index (χ2n) is 2.28. The molecule has 1 aromatic carbocycles. The van der Waals surface area contributed by atoms with Gasteiger partial charge in [-0.3, -0.25) is 0 Å². The lowest BCUT2D eigenvalue weighted by atomic mass is 10.2. The molecule has 0 radical (unpaired) electrons. The third-order valence-electron chi connectivity index (χ3n) is 1.52. The highest BCUT2D eigenvalue weighted by Crippen LogP contribution is 2.33. The van der Waals surface area contributed by atoms with E-state index in [0.29, 0.717) is 16.6 Å². The van der Waals surface area contributed by atoms with E-state index in [2.05, 4.69) is 15.9 Å². The van der Waals surface area contributed by atoms with Gasteiger partial charge in [-0.25, -0.2) is 0 Å². The smallest absolute Gasteiger partial charge is 0.130 e. The molecular formula is C8H9BrO3. The van der Waals surface area contributed by atoms with E-state index in [9.17, 15) is 5.11 Å². The molecule has 3 nitrogen and oxygen atoms in total. The van der Waals surface area contributed by atoms with Gasteiger partial charge >= 0.3 is 0 Å². The predicted octanol–water partition coefficient (Wildman–Crippen LogP) is 2.00. The molecule has 0 spiro atoms. The van der Waals surface area contributed by atoms with Crippen LogP contribution in [0.15, 0.2) is 12.1 Å². The zero-order valence-corrected chi connectivity index (χ0v) is 8.13. The van der Waals surface area contributed by atoms with Crippen LogP contribution in [-0.2, 0) is 5.33 Å². The molecule has 0 aliphatic heterocycles. The molecule has 66 valence electrons. The highest BCUT2D eigenvalue weighted by molar-refractivity contribution is 9.08. The minimum Gasteiger partial charge on any atom is -0.508 e. The van der Waals surface area contributed by atoms with Crippen molar-refractivity contribution >= 4 is 15.9 Å². The average Bonchev–Trinajstić information content (AvgIpc) is 2.03. The van der Waals surface area contributed by atoms with Crippen molar-refractivity contribution in [3.63, 3.8) is 0 Å². The quantitative estimate of drug-likeness (QED) is 0.768. The van der Waals surface area contributed by atoms with Gasteiger partial charge in [0.25, 0.3) is 0 Å². The van der Waals surface area contributed by atoms with Crippen LogP contribution in [-0.4, -0.2) is 17.3 Å². The molecular weight excluding hydrogens is 224 g/mol.